The van der Waals surface area contributed by atoms with Gasteiger partial charge in [-0.2, -0.15) is 0 Å². The summed E-state index contributed by atoms with van der Waals surface area (Å²) in [6.07, 6.45) is 0. The van der Waals surface area contributed by atoms with E-state index >= 15 is 0 Å². The minimum Gasteiger partial charge on any atom is -0.894 e. The van der Waals surface area contributed by atoms with E-state index in [2.05, 4.69) is 0 Å². The quantitative estimate of drug-likeness (QED) is 0.382. The molecule has 0 rings (SSSR count). The maximum atomic E-state index is 8.58. The van der Waals surface area contributed by atoms with Gasteiger partial charge in [0.05, 0.1) is 0 Å². The zero-order valence-corrected chi connectivity index (χ0v) is 7.38. The molecule has 9 heteroatoms. The largest absolute Gasteiger partial charge is 2.00 e. The molecule has 0 N–H and O–H groups in total. The molecule has 0 aliphatic heterocycles. The van der Waals surface area contributed by atoms with Crippen LogP contribution < -0.4 is 19.2 Å². The Morgan fingerprint density at radius 3 is 0.667 bits per heavy atom. The molecule has 0 aromatic rings. The van der Waals surface area contributed by atoms with Crippen LogP contribution in [0.3, 0.4) is 0 Å². The Morgan fingerprint density at radius 2 is 0.667 bits per heavy atom. The molecule has 0 amide bonds. The Labute approximate surface area is 146 Å². The molecule has 40 valence electrons. The average Bonchev–Trinajstić information content (AvgIpc) is 0.722. The molecule has 0 aliphatic rings. The maximum absolute atomic E-state index is 8.58. The first-order valence-electron chi connectivity index (χ1n) is 0.816. The normalized spacial score (nSPS) is 6.67. The number of rotatable bonds is 0. The maximum Gasteiger partial charge on any atom is 2.00 e. The average molecular weight is 225 g/mol. The molecule has 0 unspecified atom stereocenters. The van der Waals surface area contributed by atoms with Crippen molar-refractivity contribution in [2.45, 2.75) is 0 Å². The predicted molar refractivity (Wildman–Crippen MR) is 34.4 cm³/mol. The second-order valence-corrected chi connectivity index (χ2v) is 1.50. The second-order valence-electron chi connectivity index (χ2n) is 0.500. The van der Waals surface area contributed by atoms with Crippen LogP contribution in [0.1, 0.15) is 0 Å². The third kappa shape index (κ3) is 73.3. The van der Waals surface area contributed by atoms with E-state index in [1.165, 1.54) is 0 Å². The van der Waals surface area contributed by atoms with Crippen LogP contribution >= 0.6 is 0 Å². The minimum atomic E-state index is -5.61. The van der Waals surface area contributed by atoms with Crippen LogP contribution in [0.2, 0.25) is 0 Å². The summed E-state index contributed by atoms with van der Waals surface area (Å²) in [5.74, 6) is 0. The first-order valence-corrected chi connectivity index (χ1v) is 2.45. The van der Waals surface area contributed by atoms with Crippen molar-refractivity contribution in [3.8, 4) is 0 Å². The van der Waals surface area contributed by atoms with Gasteiger partial charge in [-0.25, -0.2) is 0 Å². The number of hydrogen-bond donors (Lipinski definition) is 0. The topological polar surface area (TPSA) is 92.2 Å². The third-order valence-corrected chi connectivity index (χ3v) is 0. The Bertz CT molecular complexity index is 32.0. The Morgan fingerprint density at radius 1 is 0.667 bits per heavy atom. The Kier molecular flexibility index (Phi) is 47.5. The molecule has 0 atom stereocenters. The molecule has 0 saturated carbocycles. The summed E-state index contributed by atoms with van der Waals surface area (Å²) >= 11 is 0. The Hall–Kier alpha value is 4.11. The van der Waals surface area contributed by atoms with Gasteiger partial charge in [0, 0.05) is 0 Å². The van der Waals surface area contributed by atoms with Gasteiger partial charge >= 0.3 is 122 Å². The van der Waals surface area contributed by atoms with E-state index in [1.54, 1.807) is 0 Å². The molecule has 4 nitrogen and oxygen atoms in total. The third-order valence-electron chi connectivity index (χ3n) is 0. The van der Waals surface area contributed by atoms with Crippen molar-refractivity contribution < 1.29 is 19.2 Å². The molecule has 0 fully saturated rings. The molecule has 0 spiro atoms. The van der Waals surface area contributed by atoms with Crippen molar-refractivity contribution in [1.29, 1.82) is 0 Å². The first kappa shape index (κ1) is 29.2. The zero-order chi connectivity index (χ0) is 4.50. The molecule has 0 aromatic heterocycles. The molecule has 9 heavy (non-hydrogen) atoms. The SMILES string of the molecule is [CaH2].[CaH2].[Mg+2].[Mg+2].[O-][Si]([O-])([O-])[O-]. The van der Waals surface area contributed by atoms with Crippen molar-refractivity contribution in [2.75, 3.05) is 0 Å². The smallest absolute Gasteiger partial charge is 0.894 e. The Balaban J connectivity index is -0.0000000133. The van der Waals surface area contributed by atoms with Crippen molar-refractivity contribution in [2.24, 2.45) is 0 Å². The van der Waals surface area contributed by atoms with Crippen LogP contribution in [-0.4, -0.2) is 131 Å². The monoisotopic (exact) mass is 224 g/mol. The van der Waals surface area contributed by atoms with Crippen molar-refractivity contribution in [3.05, 3.63) is 0 Å². The molecular formula is H4Ca2Mg2O4Si. The summed E-state index contributed by atoms with van der Waals surface area (Å²) in [6, 6.07) is 0. The molecule has 0 radical (unpaired) electrons. The van der Waals surface area contributed by atoms with Gasteiger partial charge in [-0.15, -0.1) is 0 Å². The molecule has 0 aliphatic carbocycles. The molecule has 0 heterocycles. The van der Waals surface area contributed by atoms with E-state index in [4.69, 9.17) is 19.2 Å². The fourth-order valence-corrected chi connectivity index (χ4v) is 0. The van der Waals surface area contributed by atoms with Crippen LogP contribution in [-0.2, 0) is 0 Å². The second kappa shape index (κ2) is 14.6. The van der Waals surface area contributed by atoms with Crippen molar-refractivity contribution in [3.63, 3.8) is 0 Å². The molecule has 0 saturated heterocycles. The fraction of sp³-hybridized carbons (Fsp3) is 0. The van der Waals surface area contributed by atoms with E-state index < -0.39 is 9.05 Å². The summed E-state index contributed by atoms with van der Waals surface area (Å²) in [5, 5.41) is 0. The van der Waals surface area contributed by atoms with Crippen LogP contribution in [0.5, 0.6) is 0 Å². The van der Waals surface area contributed by atoms with E-state index in [-0.39, 0.29) is 122 Å². The van der Waals surface area contributed by atoms with E-state index in [0.29, 0.717) is 0 Å². The van der Waals surface area contributed by atoms with Gasteiger partial charge in [0.25, 0.3) is 0 Å². The van der Waals surface area contributed by atoms with Gasteiger partial charge in [0.1, 0.15) is 0 Å². The van der Waals surface area contributed by atoms with Gasteiger partial charge in [0.2, 0.25) is 0 Å². The van der Waals surface area contributed by atoms with Crippen molar-refractivity contribution >= 4 is 131 Å². The molecular weight excluding hydrogens is 221 g/mol. The van der Waals surface area contributed by atoms with Crippen LogP contribution in [0.25, 0.3) is 0 Å². The van der Waals surface area contributed by atoms with Crippen LogP contribution in [0.15, 0.2) is 0 Å². The predicted octanol–water partition coefficient (Wildman–Crippen LogP) is -7.73. The summed E-state index contributed by atoms with van der Waals surface area (Å²) in [7, 11) is -5.61. The summed E-state index contributed by atoms with van der Waals surface area (Å²) < 4.78 is 0. The van der Waals surface area contributed by atoms with Gasteiger partial charge in [-0.3, -0.25) is 0 Å². The van der Waals surface area contributed by atoms with Crippen LogP contribution in [0, 0.1) is 0 Å². The summed E-state index contributed by atoms with van der Waals surface area (Å²) in [4.78, 5) is 34.3. The molecule has 0 aromatic carbocycles. The van der Waals surface area contributed by atoms with Gasteiger partial charge < -0.3 is 28.2 Å². The fourth-order valence-electron chi connectivity index (χ4n) is 0. The van der Waals surface area contributed by atoms with Gasteiger partial charge in [0.15, 0.2) is 0 Å². The first-order chi connectivity index (χ1) is 2.00. The standard InChI is InChI=1S/2Ca.2Mg.O4Si.4H/c;;;;1-5(2,3)4;;;;/q;;2*+2;-4;;;;. The van der Waals surface area contributed by atoms with E-state index in [0.717, 1.165) is 0 Å². The molecule has 0 bridgehead atoms. The van der Waals surface area contributed by atoms with E-state index in [9.17, 15) is 0 Å². The van der Waals surface area contributed by atoms with Gasteiger partial charge in [-0.1, -0.05) is 0 Å². The van der Waals surface area contributed by atoms with Crippen LogP contribution in [0.4, 0.5) is 0 Å². The van der Waals surface area contributed by atoms with Gasteiger partial charge in [-0.05, 0) is 0 Å². The minimum absolute atomic E-state index is 0. The van der Waals surface area contributed by atoms with E-state index in [1.807, 2.05) is 0 Å². The number of hydrogen-bond acceptors (Lipinski definition) is 4. The summed E-state index contributed by atoms with van der Waals surface area (Å²) in [5.41, 5.74) is 0. The zero-order valence-electron chi connectivity index (χ0n) is 3.55. The van der Waals surface area contributed by atoms with Crippen molar-refractivity contribution in [1.82, 2.24) is 0 Å². The summed E-state index contributed by atoms with van der Waals surface area (Å²) in [6.45, 7) is 0.